The number of carbonyl (C=O) groups is 2. The smallest absolute Gasteiger partial charge is 0.355 e. The number of esters is 2. The Morgan fingerprint density at radius 1 is 1.21 bits per heavy atom. The second kappa shape index (κ2) is 8.69. The Hall–Kier alpha value is -2.47. The normalized spacial score (nSPS) is 15.0. The number of ether oxygens (including phenoxy) is 3. The second-order valence-corrected chi connectivity index (χ2v) is 7.61. The van der Waals surface area contributed by atoms with Crippen LogP contribution in [-0.2, 0) is 40.5 Å². The van der Waals surface area contributed by atoms with E-state index in [0.29, 0.717) is 5.56 Å². The van der Waals surface area contributed by atoms with Gasteiger partial charge in [0.05, 0.1) is 26.4 Å². The zero-order valence-electron chi connectivity index (χ0n) is 16.0. The molecule has 1 aliphatic heterocycles. The lowest BCUT2D eigenvalue weighted by atomic mass is 10.1. The van der Waals surface area contributed by atoms with Crippen LogP contribution in [0.1, 0.15) is 5.56 Å². The van der Waals surface area contributed by atoms with Crippen molar-refractivity contribution in [2.24, 2.45) is 0 Å². The highest BCUT2D eigenvalue weighted by Crippen LogP contribution is 2.30. The number of hydrogen-bond donors (Lipinski definition) is 1. The number of methoxy groups -OCH3 is 2. The van der Waals surface area contributed by atoms with Crippen molar-refractivity contribution in [2.75, 3.05) is 46.6 Å². The highest BCUT2D eigenvalue weighted by Gasteiger charge is 2.33. The summed E-state index contributed by atoms with van der Waals surface area (Å²) in [4.78, 5) is 27.1. The molecule has 0 spiro atoms. The number of rotatable bonds is 6. The molecule has 154 valence electrons. The first-order valence-corrected chi connectivity index (χ1v) is 9.54. The molecule has 28 heavy (non-hydrogen) atoms. The molecule has 1 heterocycles. The van der Waals surface area contributed by atoms with Gasteiger partial charge in [-0.15, -0.1) is 0 Å². The highest BCUT2D eigenvalue weighted by molar-refractivity contribution is 7.85. The molecule has 1 N–H and O–H groups in total. The fourth-order valence-electron chi connectivity index (χ4n) is 2.77. The molecule has 11 heteroatoms. The summed E-state index contributed by atoms with van der Waals surface area (Å²) >= 11 is 0. The number of carbonyl (C=O) groups excluding carboxylic acids is 2. The second-order valence-electron chi connectivity index (χ2n) is 6.22. The first-order valence-electron chi connectivity index (χ1n) is 8.10. The molecule has 0 unspecified atom stereocenters. The van der Waals surface area contributed by atoms with E-state index in [1.807, 2.05) is 0 Å². The average Bonchev–Trinajstić information content (AvgIpc) is 2.65. The van der Waals surface area contributed by atoms with Crippen LogP contribution in [0.4, 0.5) is 5.69 Å². The fourth-order valence-corrected chi connectivity index (χ4v) is 3.50. The third-order valence-electron chi connectivity index (χ3n) is 3.96. The van der Waals surface area contributed by atoms with Gasteiger partial charge in [-0.1, -0.05) is 6.07 Å². The number of hydrogen-bond acceptors (Lipinski definition) is 9. The lowest BCUT2D eigenvalue weighted by Crippen LogP contribution is -2.38. The lowest BCUT2D eigenvalue weighted by molar-refractivity contribution is -0.140. The van der Waals surface area contributed by atoms with Gasteiger partial charge in [-0.2, -0.15) is 8.42 Å². The highest BCUT2D eigenvalue weighted by atomic mass is 32.2. The third kappa shape index (κ3) is 4.68. The maximum Gasteiger partial charge on any atom is 0.355 e. The van der Waals surface area contributed by atoms with Crippen molar-refractivity contribution in [2.45, 2.75) is 11.4 Å². The van der Waals surface area contributed by atoms with Crippen molar-refractivity contribution in [1.82, 2.24) is 4.90 Å². The molecule has 0 bridgehead atoms. The minimum absolute atomic E-state index is 0.0635. The van der Waals surface area contributed by atoms with Gasteiger partial charge in [0.15, 0.2) is 0 Å². The Kier molecular flexibility index (Phi) is 6.77. The van der Waals surface area contributed by atoms with Gasteiger partial charge in [-0.3, -0.25) is 4.55 Å². The minimum atomic E-state index is -4.54. The van der Waals surface area contributed by atoms with Gasteiger partial charge in [-0.05, 0) is 31.8 Å². The van der Waals surface area contributed by atoms with E-state index in [4.69, 9.17) is 9.47 Å². The Bertz CT molecular complexity index is 908. The van der Waals surface area contributed by atoms with Crippen LogP contribution in [0.3, 0.4) is 0 Å². The Morgan fingerprint density at radius 3 is 2.39 bits per heavy atom. The van der Waals surface area contributed by atoms with Gasteiger partial charge in [0.1, 0.15) is 17.3 Å². The standard InChI is InChI=1S/C17H22N2O8S/c1-18(2)8-11-5-6-12(7-14(11)28(22,23)24)19-10-27-9-13(16(20)25-3)15(19)17(21)26-4/h5-7H,8-10H2,1-4H3,(H,22,23,24). The molecule has 0 amide bonds. The SMILES string of the molecule is COC(=O)C1=C(C(=O)OC)N(c2ccc(CN(C)C)c(S(=O)(=O)O)c2)COC1. The zero-order chi connectivity index (χ0) is 21.1. The largest absolute Gasteiger partial charge is 0.466 e. The molecule has 2 rings (SSSR count). The Balaban J connectivity index is 2.64. The van der Waals surface area contributed by atoms with Gasteiger partial charge in [0.2, 0.25) is 0 Å². The topological polar surface area (TPSA) is 123 Å². The summed E-state index contributed by atoms with van der Waals surface area (Å²) in [6.07, 6.45) is 0. The van der Waals surface area contributed by atoms with Crippen LogP contribution in [0.2, 0.25) is 0 Å². The van der Waals surface area contributed by atoms with Crippen LogP contribution in [0.25, 0.3) is 0 Å². The van der Waals surface area contributed by atoms with E-state index in [1.165, 1.54) is 17.0 Å². The van der Waals surface area contributed by atoms with Gasteiger partial charge in [-0.25, -0.2) is 9.59 Å². The number of anilines is 1. The van der Waals surface area contributed by atoms with Crippen LogP contribution in [0.5, 0.6) is 0 Å². The van der Waals surface area contributed by atoms with E-state index in [1.54, 1.807) is 25.1 Å². The predicted octanol–water partition coefficient (Wildman–Crippen LogP) is 0.389. The molecule has 0 aromatic heterocycles. The predicted molar refractivity (Wildman–Crippen MR) is 98.0 cm³/mol. The van der Waals surface area contributed by atoms with Gasteiger partial charge in [0.25, 0.3) is 10.1 Å². The maximum absolute atomic E-state index is 12.3. The van der Waals surface area contributed by atoms with E-state index in [0.717, 1.165) is 14.2 Å². The van der Waals surface area contributed by atoms with Crippen LogP contribution >= 0.6 is 0 Å². The monoisotopic (exact) mass is 414 g/mol. The van der Waals surface area contributed by atoms with E-state index < -0.39 is 22.1 Å². The van der Waals surface area contributed by atoms with Crippen molar-refractivity contribution in [3.63, 3.8) is 0 Å². The minimum Gasteiger partial charge on any atom is -0.466 e. The molecule has 1 aromatic rings. The molecule has 10 nitrogen and oxygen atoms in total. The summed E-state index contributed by atoms with van der Waals surface area (Å²) in [7, 11) is 1.28. The molecule has 0 atom stereocenters. The first-order chi connectivity index (χ1) is 13.1. The zero-order valence-corrected chi connectivity index (χ0v) is 16.8. The van der Waals surface area contributed by atoms with Crippen LogP contribution in [-0.4, -0.2) is 71.5 Å². The number of benzene rings is 1. The molecular formula is C17H22N2O8S. The van der Waals surface area contributed by atoms with Gasteiger partial charge >= 0.3 is 11.9 Å². The van der Waals surface area contributed by atoms with E-state index in [-0.39, 0.29) is 41.7 Å². The van der Waals surface area contributed by atoms with Gasteiger partial charge in [0, 0.05) is 12.2 Å². The fraction of sp³-hybridized carbons (Fsp3) is 0.412. The average molecular weight is 414 g/mol. The van der Waals surface area contributed by atoms with E-state index in [9.17, 15) is 22.6 Å². The summed E-state index contributed by atoms with van der Waals surface area (Å²) in [5.41, 5.74) is 0.399. The summed E-state index contributed by atoms with van der Waals surface area (Å²) in [5.74, 6) is -1.58. The molecule has 0 fully saturated rings. The lowest BCUT2D eigenvalue weighted by Gasteiger charge is -2.31. The van der Waals surface area contributed by atoms with Crippen LogP contribution < -0.4 is 4.90 Å². The molecule has 0 saturated carbocycles. The van der Waals surface area contributed by atoms with Crippen molar-refractivity contribution in [3.8, 4) is 0 Å². The first kappa shape index (κ1) is 21.8. The van der Waals surface area contributed by atoms with Crippen molar-refractivity contribution < 1.29 is 36.8 Å². The molecule has 0 radical (unpaired) electrons. The van der Waals surface area contributed by atoms with Crippen molar-refractivity contribution >= 4 is 27.7 Å². The Morgan fingerprint density at radius 2 is 1.86 bits per heavy atom. The van der Waals surface area contributed by atoms with Crippen LogP contribution in [0.15, 0.2) is 34.4 Å². The maximum atomic E-state index is 12.3. The molecule has 0 aliphatic carbocycles. The van der Waals surface area contributed by atoms with E-state index >= 15 is 0 Å². The van der Waals surface area contributed by atoms with Crippen molar-refractivity contribution in [3.05, 3.63) is 35.0 Å². The molecular weight excluding hydrogens is 392 g/mol. The summed E-state index contributed by atoms with van der Waals surface area (Å²) in [5, 5.41) is 0. The number of nitrogens with zero attached hydrogens (tertiary/aromatic N) is 2. The molecule has 0 saturated heterocycles. The molecule has 1 aliphatic rings. The summed E-state index contributed by atoms with van der Waals surface area (Å²) in [6.45, 7) is -0.0423. The van der Waals surface area contributed by atoms with Gasteiger partial charge < -0.3 is 24.0 Å². The molecule has 1 aromatic carbocycles. The quantitative estimate of drug-likeness (QED) is 0.516. The van der Waals surface area contributed by atoms with Crippen molar-refractivity contribution in [1.29, 1.82) is 0 Å². The van der Waals surface area contributed by atoms with Crippen LogP contribution in [0, 0.1) is 0 Å². The van der Waals surface area contributed by atoms with E-state index in [2.05, 4.69) is 4.74 Å². The summed E-state index contributed by atoms with van der Waals surface area (Å²) < 4.78 is 48.2. The third-order valence-corrected chi connectivity index (χ3v) is 4.90. The Labute approximate surface area is 163 Å². The summed E-state index contributed by atoms with van der Waals surface area (Å²) in [6, 6.07) is 4.28.